The highest BCUT2D eigenvalue weighted by Crippen LogP contribution is 2.15. The largest absolute Gasteiger partial charge is 0.394 e. The van der Waals surface area contributed by atoms with Crippen molar-refractivity contribution < 1.29 is 5.11 Å². The smallest absolute Gasteiger partial charge is 0.0626 e. The van der Waals surface area contributed by atoms with Crippen LogP contribution in [0.4, 0.5) is 0 Å². The molecule has 92 valence electrons. The van der Waals surface area contributed by atoms with Crippen molar-refractivity contribution in [2.75, 3.05) is 32.8 Å². The third-order valence-electron chi connectivity index (χ3n) is 2.84. The normalized spacial score (nSPS) is 13.2. The maximum absolute atomic E-state index is 9.31. The van der Waals surface area contributed by atoms with Crippen molar-refractivity contribution >= 4 is 11.3 Å². The third-order valence-corrected chi connectivity index (χ3v) is 3.54. The van der Waals surface area contributed by atoms with E-state index < -0.39 is 0 Å². The Kier molecular flexibility index (Phi) is 6.64. The zero-order valence-electron chi connectivity index (χ0n) is 10.1. The van der Waals surface area contributed by atoms with Crippen LogP contribution in [-0.2, 0) is 0 Å². The first kappa shape index (κ1) is 13.6. The van der Waals surface area contributed by atoms with E-state index in [1.54, 1.807) is 11.3 Å². The molecule has 1 aromatic heterocycles. The van der Waals surface area contributed by atoms with Crippen LogP contribution in [0.3, 0.4) is 0 Å². The topological polar surface area (TPSA) is 35.5 Å². The lowest BCUT2D eigenvalue weighted by Gasteiger charge is -2.21. The molecular weight excluding hydrogens is 220 g/mol. The molecule has 0 spiro atoms. The van der Waals surface area contributed by atoms with Crippen LogP contribution >= 0.6 is 11.3 Å². The number of thiophene rings is 1. The lowest BCUT2D eigenvalue weighted by Crippen LogP contribution is -2.34. The zero-order valence-corrected chi connectivity index (χ0v) is 11.0. The maximum Gasteiger partial charge on any atom is 0.0626 e. The molecule has 16 heavy (non-hydrogen) atoms. The summed E-state index contributed by atoms with van der Waals surface area (Å²) in [6.45, 7) is 8.63. The highest BCUT2D eigenvalue weighted by atomic mass is 32.1. The lowest BCUT2D eigenvalue weighted by molar-refractivity contribution is 0.233. The summed E-state index contributed by atoms with van der Waals surface area (Å²) in [4.78, 5) is 2.37. The second-order valence-electron chi connectivity index (χ2n) is 3.77. The Hall–Kier alpha value is -0.420. The van der Waals surface area contributed by atoms with Crippen LogP contribution in [0.5, 0.6) is 0 Å². The molecule has 1 aromatic rings. The minimum atomic E-state index is 0.0850. The van der Waals surface area contributed by atoms with Gasteiger partial charge < -0.3 is 15.3 Å². The summed E-state index contributed by atoms with van der Waals surface area (Å²) in [6.07, 6.45) is 0. The van der Waals surface area contributed by atoms with Crippen molar-refractivity contribution in [1.82, 2.24) is 10.2 Å². The first-order chi connectivity index (χ1) is 7.81. The van der Waals surface area contributed by atoms with Crippen LogP contribution in [0.15, 0.2) is 16.8 Å². The molecule has 1 unspecified atom stereocenters. The summed E-state index contributed by atoms with van der Waals surface area (Å²) in [6, 6.07) is 2.15. The van der Waals surface area contributed by atoms with Gasteiger partial charge in [-0.3, -0.25) is 0 Å². The van der Waals surface area contributed by atoms with Gasteiger partial charge in [-0.15, -0.1) is 0 Å². The Morgan fingerprint density at radius 1 is 1.44 bits per heavy atom. The van der Waals surface area contributed by atoms with Gasteiger partial charge in [0, 0.05) is 13.1 Å². The van der Waals surface area contributed by atoms with Crippen LogP contribution in [0.25, 0.3) is 0 Å². The van der Waals surface area contributed by atoms with Gasteiger partial charge in [-0.05, 0) is 35.5 Å². The molecule has 0 bridgehead atoms. The first-order valence-electron chi connectivity index (χ1n) is 5.90. The molecule has 1 heterocycles. The Balaban J connectivity index is 2.30. The van der Waals surface area contributed by atoms with Crippen LogP contribution in [0.1, 0.15) is 25.5 Å². The Morgan fingerprint density at radius 2 is 2.19 bits per heavy atom. The van der Waals surface area contributed by atoms with Crippen LogP contribution in [-0.4, -0.2) is 42.8 Å². The molecule has 0 saturated carbocycles. The number of hydrogen-bond donors (Lipinski definition) is 2. The van der Waals surface area contributed by atoms with E-state index >= 15 is 0 Å². The fourth-order valence-corrected chi connectivity index (χ4v) is 2.41. The number of likely N-dealkylation sites (N-methyl/N-ethyl adjacent to an activating group) is 1. The average molecular weight is 242 g/mol. The van der Waals surface area contributed by atoms with Gasteiger partial charge >= 0.3 is 0 Å². The number of nitrogens with one attached hydrogen (secondary N) is 1. The van der Waals surface area contributed by atoms with Gasteiger partial charge in [0.2, 0.25) is 0 Å². The number of hydrogen-bond acceptors (Lipinski definition) is 4. The minimum absolute atomic E-state index is 0.0850. The van der Waals surface area contributed by atoms with E-state index in [0.717, 1.165) is 26.2 Å². The molecule has 0 aromatic carbocycles. The average Bonchev–Trinajstić information content (AvgIpc) is 2.83. The Bertz CT molecular complexity index is 260. The van der Waals surface area contributed by atoms with Crippen molar-refractivity contribution in [2.45, 2.75) is 19.9 Å². The second-order valence-corrected chi connectivity index (χ2v) is 4.55. The van der Waals surface area contributed by atoms with Gasteiger partial charge in [0.05, 0.1) is 12.6 Å². The van der Waals surface area contributed by atoms with Crippen LogP contribution < -0.4 is 5.32 Å². The quantitative estimate of drug-likeness (QED) is 0.728. The van der Waals surface area contributed by atoms with Gasteiger partial charge in [0.1, 0.15) is 0 Å². The van der Waals surface area contributed by atoms with Crippen molar-refractivity contribution in [1.29, 1.82) is 0 Å². The predicted molar refractivity (Wildman–Crippen MR) is 69.9 cm³/mol. The van der Waals surface area contributed by atoms with E-state index in [4.69, 9.17) is 0 Å². The molecule has 0 amide bonds. The highest BCUT2D eigenvalue weighted by molar-refractivity contribution is 7.07. The molecule has 0 aliphatic heterocycles. The van der Waals surface area contributed by atoms with E-state index in [0.29, 0.717) is 0 Å². The molecule has 0 aliphatic rings. The maximum atomic E-state index is 9.31. The fourth-order valence-electron chi connectivity index (χ4n) is 1.70. The molecule has 0 fully saturated rings. The van der Waals surface area contributed by atoms with E-state index in [-0.39, 0.29) is 12.6 Å². The van der Waals surface area contributed by atoms with E-state index in [9.17, 15) is 5.11 Å². The van der Waals surface area contributed by atoms with Crippen molar-refractivity contribution in [3.8, 4) is 0 Å². The molecular formula is C12H22N2OS. The van der Waals surface area contributed by atoms with Gasteiger partial charge in [0.25, 0.3) is 0 Å². The standard InChI is InChI=1S/C12H22N2OS/c1-3-14(4-2)7-6-13-12(9-15)11-5-8-16-10-11/h5,8,10,12-13,15H,3-4,6-7,9H2,1-2H3. The van der Waals surface area contributed by atoms with Crippen molar-refractivity contribution in [3.63, 3.8) is 0 Å². The monoisotopic (exact) mass is 242 g/mol. The van der Waals surface area contributed by atoms with Gasteiger partial charge in [-0.25, -0.2) is 0 Å². The molecule has 0 aliphatic carbocycles. The summed E-state index contributed by atoms with van der Waals surface area (Å²) in [7, 11) is 0. The third kappa shape index (κ3) is 4.22. The van der Waals surface area contributed by atoms with Crippen molar-refractivity contribution in [2.24, 2.45) is 0 Å². The van der Waals surface area contributed by atoms with Gasteiger partial charge in [0.15, 0.2) is 0 Å². The SMILES string of the molecule is CCN(CC)CCNC(CO)c1ccsc1. The summed E-state index contributed by atoms with van der Waals surface area (Å²) in [5.41, 5.74) is 1.19. The van der Waals surface area contributed by atoms with E-state index in [1.165, 1.54) is 5.56 Å². The summed E-state index contributed by atoms with van der Waals surface area (Å²) < 4.78 is 0. The van der Waals surface area contributed by atoms with E-state index in [1.807, 2.05) is 5.38 Å². The number of rotatable bonds is 8. The molecule has 1 rings (SSSR count). The van der Waals surface area contributed by atoms with Gasteiger partial charge in [-0.2, -0.15) is 11.3 Å². The number of aliphatic hydroxyl groups is 1. The molecule has 2 N–H and O–H groups in total. The summed E-state index contributed by atoms with van der Waals surface area (Å²) in [5.74, 6) is 0. The number of aliphatic hydroxyl groups excluding tert-OH is 1. The first-order valence-corrected chi connectivity index (χ1v) is 6.84. The molecule has 0 radical (unpaired) electrons. The van der Waals surface area contributed by atoms with Crippen molar-refractivity contribution in [3.05, 3.63) is 22.4 Å². The Morgan fingerprint density at radius 3 is 2.69 bits per heavy atom. The molecule has 0 saturated heterocycles. The second kappa shape index (κ2) is 7.79. The van der Waals surface area contributed by atoms with Gasteiger partial charge in [-0.1, -0.05) is 13.8 Å². The highest BCUT2D eigenvalue weighted by Gasteiger charge is 2.09. The molecule has 4 heteroatoms. The van der Waals surface area contributed by atoms with E-state index in [2.05, 4.69) is 35.5 Å². The minimum Gasteiger partial charge on any atom is -0.394 e. The number of nitrogens with zero attached hydrogens (tertiary/aromatic N) is 1. The molecule has 3 nitrogen and oxygen atoms in total. The molecule has 1 atom stereocenters. The Labute approximate surface area is 102 Å². The lowest BCUT2D eigenvalue weighted by atomic mass is 10.1. The predicted octanol–water partition coefficient (Wildman–Crippen LogP) is 1.71. The fraction of sp³-hybridized carbons (Fsp3) is 0.667. The zero-order chi connectivity index (χ0) is 11.8. The summed E-state index contributed by atoms with van der Waals surface area (Å²) in [5, 5.41) is 16.8. The van der Waals surface area contributed by atoms with Crippen LogP contribution in [0.2, 0.25) is 0 Å². The summed E-state index contributed by atoms with van der Waals surface area (Å²) >= 11 is 1.67. The van der Waals surface area contributed by atoms with Crippen LogP contribution in [0, 0.1) is 0 Å².